The van der Waals surface area contributed by atoms with Crippen molar-refractivity contribution in [2.75, 3.05) is 5.32 Å². The first-order chi connectivity index (χ1) is 12.1. The molecule has 2 aromatic carbocycles. The number of benzene rings is 2. The third-order valence-electron chi connectivity index (χ3n) is 4.26. The number of anilines is 1. The van der Waals surface area contributed by atoms with E-state index in [0.717, 1.165) is 28.8 Å². The summed E-state index contributed by atoms with van der Waals surface area (Å²) in [5.74, 6) is 0.975. The highest BCUT2D eigenvalue weighted by Crippen LogP contribution is 2.26. The molecule has 1 atom stereocenters. The summed E-state index contributed by atoms with van der Waals surface area (Å²) in [5.41, 5.74) is 3.58. The second-order valence-corrected chi connectivity index (χ2v) is 6.10. The summed E-state index contributed by atoms with van der Waals surface area (Å²) in [4.78, 5) is 11.9. The van der Waals surface area contributed by atoms with Crippen LogP contribution >= 0.6 is 0 Å². The number of amides is 1. The van der Waals surface area contributed by atoms with E-state index in [9.17, 15) is 4.79 Å². The van der Waals surface area contributed by atoms with E-state index in [4.69, 9.17) is 4.42 Å². The number of nitrogens with zero attached hydrogens (tertiary/aromatic N) is 2. The van der Waals surface area contributed by atoms with Gasteiger partial charge in [0.25, 0.3) is 0 Å². The van der Waals surface area contributed by atoms with Crippen molar-refractivity contribution in [2.24, 2.45) is 5.92 Å². The van der Waals surface area contributed by atoms with E-state index in [0.29, 0.717) is 11.8 Å². The van der Waals surface area contributed by atoms with Crippen molar-refractivity contribution in [1.29, 1.82) is 0 Å². The Morgan fingerprint density at radius 1 is 1.08 bits per heavy atom. The van der Waals surface area contributed by atoms with Gasteiger partial charge in [0.15, 0.2) is 0 Å². The van der Waals surface area contributed by atoms with Crippen LogP contribution in [0.3, 0.4) is 0 Å². The third-order valence-corrected chi connectivity index (χ3v) is 4.26. The largest absolute Gasteiger partial charge is 0.416 e. The molecule has 3 aromatic rings. The molecule has 25 heavy (non-hydrogen) atoms. The highest BCUT2D eigenvalue weighted by atomic mass is 16.4. The van der Waals surface area contributed by atoms with Gasteiger partial charge in [-0.1, -0.05) is 32.0 Å². The van der Waals surface area contributed by atoms with Crippen molar-refractivity contribution in [1.82, 2.24) is 10.2 Å². The van der Waals surface area contributed by atoms with E-state index in [1.807, 2.05) is 69.3 Å². The molecule has 0 spiro atoms. The topological polar surface area (TPSA) is 68.0 Å². The van der Waals surface area contributed by atoms with Crippen LogP contribution in [0, 0.1) is 12.8 Å². The third kappa shape index (κ3) is 3.76. The van der Waals surface area contributed by atoms with Gasteiger partial charge in [-0.3, -0.25) is 4.79 Å². The summed E-state index contributed by atoms with van der Waals surface area (Å²) in [5, 5.41) is 11.2. The Hall–Kier alpha value is -2.95. The molecule has 0 aliphatic heterocycles. The number of carbonyl (C=O) groups excluding carboxylic acids is 1. The zero-order valence-corrected chi connectivity index (χ0v) is 14.6. The fraction of sp³-hybridized carbons (Fsp3) is 0.250. The van der Waals surface area contributed by atoms with Crippen molar-refractivity contribution in [2.45, 2.75) is 27.2 Å². The molecule has 5 heteroatoms. The SMILES string of the molecule is CCC(C)C(=O)Nc1ccc(-c2nnc(-c3ccccc3C)o2)cc1. The van der Waals surface area contributed by atoms with Gasteiger partial charge in [0.2, 0.25) is 17.7 Å². The Labute approximate surface area is 147 Å². The molecule has 0 saturated carbocycles. The van der Waals surface area contributed by atoms with Crippen LogP contribution in [0.15, 0.2) is 52.9 Å². The predicted octanol–water partition coefficient (Wildman–Crippen LogP) is 4.70. The van der Waals surface area contributed by atoms with Crippen molar-refractivity contribution < 1.29 is 9.21 Å². The maximum absolute atomic E-state index is 11.9. The standard InChI is InChI=1S/C20H21N3O2/c1-4-13(2)18(24)21-16-11-9-15(10-12-16)19-22-23-20(25-19)17-8-6-5-7-14(17)3/h5-13H,4H2,1-3H3,(H,21,24). The average Bonchev–Trinajstić information content (AvgIpc) is 3.11. The van der Waals surface area contributed by atoms with Crippen molar-refractivity contribution >= 4 is 11.6 Å². The molecule has 0 saturated heterocycles. The molecule has 1 unspecified atom stereocenters. The van der Waals surface area contributed by atoms with Crippen molar-refractivity contribution in [3.8, 4) is 22.9 Å². The molecule has 1 heterocycles. The maximum Gasteiger partial charge on any atom is 0.248 e. The number of carbonyl (C=O) groups is 1. The summed E-state index contributed by atoms with van der Waals surface area (Å²) in [6.07, 6.45) is 0.813. The molecular weight excluding hydrogens is 314 g/mol. The van der Waals surface area contributed by atoms with E-state index in [1.165, 1.54) is 0 Å². The van der Waals surface area contributed by atoms with Gasteiger partial charge in [0.1, 0.15) is 0 Å². The second-order valence-electron chi connectivity index (χ2n) is 6.10. The summed E-state index contributed by atoms with van der Waals surface area (Å²) < 4.78 is 5.80. The molecule has 0 fully saturated rings. The van der Waals surface area contributed by atoms with Crippen molar-refractivity contribution in [3.05, 3.63) is 54.1 Å². The molecule has 0 aliphatic carbocycles. The minimum absolute atomic E-state index is 0.00714. The quantitative estimate of drug-likeness (QED) is 0.734. The summed E-state index contributed by atoms with van der Waals surface area (Å²) in [7, 11) is 0. The van der Waals surface area contributed by atoms with Crippen LogP contribution in [-0.4, -0.2) is 16.1 Å². The lowest BCUT2D eigenvalue weighted by Gasteiger charge is -2.09. The van der Waals surface area contributed by atoms with Gasteiger partial charge in [-0.2, -0.15) is 0 Å². The minimum Gasteiger partial charge on any atom is -0.416 e. The molecule has 5 nitrogen and oxygen atoms in total. The van der Waals surface area contributed by atoms with Gasteiger partial charge in [-0.15, -0.1) is 10.2 Å². The molecule has 1 aromatic heterocycles. The lowest BCUT2D eigenvalue weighted by atomic mass is 10.1. The normalized spacial score (nSPS) is 12.0. The molecule has 128 valence electrons. The lowest BCUT2D eigenvalue weighted by Crippen LogP contribution is -2.19. The average molecular weight is 335 g/mol. The first-order valence-corrected chi connectivity index (χ1v) is 8.39. The Morgan fingerprint density at radius 3 is 2.44 bits per heavy atom. The summed E-state index contributed by atoms with van der Waals surface area (Å²) >= 11 is 0. The molecule has 1 amide bonds. The van der Waals surface area contributed by atoms with Crippen LogP contribution in [0.1, 0.15) is 25.8 Å². The molecular formula is C20H21N3O2. The lowest BCUT2D eigenvalue weighted by molar-refractivity contribution is -0.119. The Morgan fingerprint density at radius 2 is 1.76 bits per heavy atom. The van der Waals surface area contributed by atoms with Gasteiger partial charge < -0.3 is 9.73 Å². The fourth-order valence-electron chi connectivity index (χ4n) is 2.41. The summed E-state index contributed by atoms with van der Waals surface area (Å²) in [6.45, 7) is 5.91. The van der Waals surface area contributed by atoms with E-state index in [1.54, 1.807) is 0 Å². The van der Waals surface area contributed by atoms with Crippen LogP contribution in [0.25, 0.3) is 22.9 Å². The highest BCUT2D eigenvalue weighted by Gasteiger charge is 2.13. The monoisotopic (exact) mass is 335 g/mol. The number of rotatable bonds is 5. The van der Waals surface area contributed by atoms with Gasteiger partial charge in [0, 0.05) is 22.7 Å². The minimum atomic E-state index is -0.00714. The molecule has 0 aliphatic rings. The van der Waals surface area contributed by atoms with E-state index < -0.39 is 0 Å². The van der Waals surface area contributed by atoms with Crippen molar-refractivity contribution in [3.63, 3.8) is 0 Å². The van der Waals surface area contributed by atoms with Gasteiger partial charge >= 0.3 is 0 Å². The molecule has 0 radical (unpaired) electrons. The first-order valence-electron chi connectivity index (χ1n) is 8.39. The zero-order chi connectivity index (χ0) is 17.8. The summed E-state index contributed by atoms with van der Waals surface area (Å²) in [6, 6.07) is 15.3. The Balaban J connectivity index is 1.77. The zero-order valence-electron chi connectivity index (χ0n) is 14.6. The number of aromatic nitrogens is 2. The van der Waals surface area contributed by atoms with E-state index in [2.05, 4.69) is 15.5 Å². The van der Waals surface area contributed by atoms with E-state index >= 15 is 0 Å². The van der Waals surface area contributed by atoms with Crippen LogP contribution < -0.4 is 5.32 Å². The first kappa shape index (κ1) is 16.9. The number of hydrogen-bond donors (Lipinski definition) is 1. The fourth-order valence-corrected chi connectivity index (χ4v) is 2.41. The Bertz CT molecular complexity index is 869. The van der Waals surface area contributed by atoms with Crippen LogP contribution in [-0.2, 0) is 4.79 Å². The maximum atomic E-state index is 11.9. The molecule has 0 bridgehead atoms. The van der Waals surface area contributed by atoms with Crippen LogP contribution in [0.4, 0.5) is 5.69 Å². The number of nitrogens with one attached hydrogen (secondary N) is 1. The second kappa shape index (κ2) is 7.30. The predicted molar refractivity (Wildman–Crippen MR) is 98.0 cm³/mol. The van der Waals surface area contributed by atoms with Crippen LogP contribution in [0.5, 0.6) is 0 Å². The van der Waals surface area contributed by atoms with Crippen LogP contribution in [0.2, 0.25) is 0 Å². The van der Waals surface area contributed by atoms with Gasteiger partial charge in [-0.05, 0) is 49.2 Å². The smallest absolute Gasteiger partial charge is 0.248 e. The number of aryl methyl sites for hydroxylation is 1. The van der Waals surface area contributed by atoms with Gasteiger partial charge in [-0.25, -0.2) is 0 Å². The highest BCUT2D eigenvalue weighted by molar-refractivity contribution is 5.92. The van der Waals surface area contributed by atoms with E-state index in [-0.39, 0.29) is 11.8 Å². The Kier molecular flexibility index (Phi) is 4.93. The number of hydrogen-bond acceptors (Lipinski definition) is 4. The molecule has 3 rings (SSSR count). The molecule has 1 N–H and O–H groups in total. The van der Waals surface area contributed by atoms with Gasteiger partial charge in [0.05, 0.1) is 0 Å².